The van der Waals surface area contributed by atoms with Crippen LogP contribution in [0.1, 0.15) is 44.0 Å². The Balaban J connectivity index is 1.72. The van der Waals surface area contributed by atoms with Gasteiger partial charge >= 0.3 is 5.69 Å². The number of pyridine rings is 2. The third-order valence-electron chi connectivity index (χ3n) is 5.77. The van der Waals surface area contributed by atoms with Gasteiger partial charge in [-0.15, -0.1) is 0 Å². The van der Waals surface area contributed by atoms with Crippen LogP contribution in [0.15, 0.2) is 56.9 Å². The van der Waals surface area contributed by atoms with E-state index in [1.807, 2.05) is 32.9 Å². The molecule has 4 rings (SSSR count). The van der Waals surface area contributed by atoms with Crippen molar-refractivity contribution in [1.82, 2.24) is 24.1 Å². The van der Waals surface area contributed by atoms with Crippen LogP contribution in [0.5, 0.6) is 0 Å². The quantitative estimate of drug-likeness (QED) is 0.338. The fourth-order valence-corrected chi connectivity index (χ4v) is 4.31. The van der Waals surface area contributed by atoms with Crippen LogP contribution in [0.2, 0.25) is 0 Å². The van der Waals surface area contributed by atoms with Gasteiger partial charge in [0.25, 0.3) is 11.5 Å². The number of anilines is 1. The number of aromatic nitrogens is 5. The summed E-state index contributed by atoms with van der Waals surface area (Å²) in [7, 11) is 0. The number of rotatable bonds is 8. The molecule has 1 N–H and O–H groups in total. The number of halogens is 1. The molecule has 0 radical (unpaired) electrons. The highest BCUT2D eigenvalue weighted by Gasteiger charge is 2.19. The summed E-state index contributed by atoms with van der Waals surface area (Å²) in [6, 6.07) is 8.86. The number of hydrogen-bond donors (Lipinski definition) is 1. The van der Waals surface area contributed by atoms with Gasteiger partial charge in [-0.2, -0.15) is 0 Å². The molecule has 1 amide bonds. The van der Waals surface area contributed by atoms with E-state index in [1.54, 1.807) is 33.9 Å². The van der Waals surface area contributed by atoms with Gasteiger partial charge in [0.15, 0.2) is 0 Å². The molecule has 9 nitrogen and oxygen atoms in total. The molecule has 0 aliphatic rings. The number of aromatic amines is 1. The second kappa shape index (κ2) is 10.4. The maximum Gasteiger partial charge on any atom is 0.331 e. The van der Waals surface area contributed by atoms with E-state index in [9.17, 15) is 14.4 Å². The van der Waals surface area contributed by atoms with Crippen molar-refractivity contribution in [2.45, 2.75) is 46.7 Å². The monoisotopic (exact) mass is 538 g/mol. The van der Waals surface area contributed by atoms with Gasteiger partial charge in [0.2, 0.25) is 0 Å². The first-order chi connectivity index (χ1) is 16.9. The number of aryl methyl sites for hydroxylation is 1. The second-order valence-corrected chi connectivity index (χ2v) is 8.97. The molecule has 4 heterocycles. The number of H-pyrrole nitrogens is 1. The zero-order chi connectivity index (χ0) is 25.1. The lowest BCUT2D eigenvalue weighted by Gasteiger charge is -2.20. The van der Waals surface area contributed by atoms with Crippen molar-refractivity contribution in [3.8, 4) is 11.3 Å². The fraction of sp³-hybridized carbons (Fsp3) is 0.320. The number of amides is 1. The van der Waals surface area contributed by atoms with E-state index >= 15 is 0 Å². The molecule has 0 saturated heterocycles. The molecule has 0 spiro atoms. The molecule has 0 aromatic carbocycles. The van der Waals surface area contributed by atoms with Crippen molar-refractivity contribution in [1.29, 1.82) is 0 Å². The Hall–Kier alpha value is -3.53. The van der Waals surface area contributed by atoms with E-state index in [0.29, 0.717) is 58.8 Å². The minimum atomic E-state index is -0.319. The van der Waals surface area contributed by atoms with Crippen LogP contribution in [0, 0.1) is 0 Å². The highest BCUT2D eigenvalue weighted by Crippen LogP contribution is 2.24. The summed E-state index contributed by atoms with van der Waals surface area (Å²) in [5.74, 6) is 0.312. The fourth-order valence-electron chi connectivity index (χ4n) is 4.08. The molecule has 35 heavy (non-hydrogen) atoms. The number of nitrogens with zero attached hydrogens (tertiary/aromatic N) is 5. The van der Waals surface area contributed by atoms with Crippen LogP contribution in [-0.4, -0.2) is 36.5 Å². The first-order valence-electron chi connectivity index (χ1n) is 11.7. The third kappa shape index (κ3) is 4.70. The number of hydrogen-bond acceptors (Lipinski definition) is 5. The molecule has 0 bridgehead atoms. The van der Waals surface area contributed by atoms with Crippen LogP contribution in [0.4, 0.5) is 5.82 Å². The minimum Gasteiger partial charge on any atom is -0.349 e. The van der Waals surface area contributed by atoms with Gasteiger partial charge in [-0.05, 0) is 66.0 Å². The third-order valence-corrected chi connectivity index (χ3v) is 6.24. The topological polar surface area (TPSA) is 106 Å². The summed E-state index contributed by atoms with van der Waals surface area (Å²) in [5.41, 5.74) is 2.27. The SMILES string of the molecule is CCCn1c(=O)c2[nH]c(-c3ccc(N(CC)C(=O)c4ccc(Br)nc4)nc3)cc2n(CCC)c1=O. The maximum absolute atomic E-state index is 13.0. The number of carbonyl (C=O) groups is 1. The van der Waals surface area contributed by atoms with Crippen molar-refractivity contribution >= 4 is 38.7 Å². The molecule has 0 atom stereocenters. The Morgan fingerprint density at radius 1 is 1.00 bits per heavy atom. The number of fused-ring (bicyclic) bond motifs is 1. The number of nitrogens with one attached hydrogen (secondary N) is 1. The van der Waals surface area contributed by atoms with Crippen LogP contribution in [0.25, 0.3) is 22.3 Å². The van der Waals surface area contributed by atoms with Crippen molar-refractivity contribution in [3.63, 3.8) is 0 Å². The van der Waals surface area contributed by atoms with Gasteiger partial charge in [0.05, 0.1) is 11.1 Å². The van der Waals surface area contributed by atoms with E-state index < -0.39 is 0 Å². The number of carbonyl (C=O) groups excluding carboxylic acids is 1. The smallest absolute Gasteiger partial charge is 0.331 e. The molecule has 10 heteroatoms. The highest BCUT2D eigenvalue weighted by molar-refractivity contribution is 9.10. The second-order valence-electron chi connectivity index (χ2n) is 8.16. The molecule has 4 aromatic heterocycles. The normalized spacial score (nSPS) is 11.2. The molecule has 4 aromatic rings. The zero-order valence-corrected chi connectivity index (χ0v) is 21.5. The summed E-state index contributed by atoms with van der Waals surface area (Å²) in [6.45, 7) is 7.14. The standard InChI is InChI=1S/C25H27BrN6O3/c1-4-11-31-19-13-18(29-22(19)24(34)32(12-5-2)25(31)35)16-8-10-21(28-14-16)30(6-3)23(33)17-7-9-20(26)27-15-17/h7-10,13-15,29H,4-6,11-12H2,1-3H3. The van der Waals surface area contributed by atoms with Crippen LogP contribution in [-0.2, 0) is 13.1 Å². The Morgan fingerprint density at radius 2 is 1.74 bits per heavy atom. The first kappa shape index (κ1) is 24.6. The van der Waals surface area contributed by atoms with Crippen LogP contribution < -0.4 is 16.1 Å². The molecule has 0 unspecified atom stereocenters. The highest BCUT2D eigenvalue weighted by atomic mass is 79.9. The Morgan fingerprint density at radius 3 is 2.34 bits per heavy atom. The Kier molecular flexibility index (Phi) is 7.30. The summed E-state index contributed by atoms with van der Waals surface area (Å²) >= 11 is 3.28. The van der Waals surface area contributed by atoms with E-state index in [2.05, 4.69) is 30.9 Å². The molecule has 0 aliphatic carbocycles. The van der Waals surface area contributed by atoms with Gasteiger partial charge in [-0.25, -0.2) is 14.8 Å². The lowest BCUT2D eigenvalue weighted by molar-refractivity contribution is 0.0987. The van der Waals surface area contributed by atoms with Crippen molar-refractivity contribution in [2.75, 3.05) is 11.4 Å². The van der Waals surface area contributed by atoms with Gasteiger partial charge in [0, 0.05) is 43.3 Å². The molecular formula is C25H27BrN6O3. The Bertz CT molecular complexity index is 1470. The zero-order valence-electron chi connectivity index (χ0n) is 19.9. The summed E-state index contributed by atoms with van der Waals surface area (Å²) in [5, 5.41) is 0. The van der Waals surface area contributed by atoms with Gasteiger partial charge in [-0.1, -0.05) is 13.8 Å². The maximum atomic E-state index is 13.0. The van der Waals surface area contributed by atoms with E-state index in [-0.39, 0.29) is 17.2 Å². The van der Waals surface area contributed by atoms with E-state index in [1.165, 1.54) is 10.8 Å². The average Bonchev–Trinajstić information content (AvgIpc) is 3.31. The van der Waals surface area contributed by atoms with Gasteiger partial charge in [0.1, 0.15) is 15.9 Å². The first-order valence-corrected chi connectivity index (χ1v) is 12.4. The van der Waals surface area contributed by atoms with Crippen molar-refractivity contribution in [3.05, 3.63) is 73.7 Å². The van der Waals surface area contributed by atoms with Gasteiger partial charge in [-0.3, -0.25) is 23.6 Å². The predicted octanol–water partition coefficient (Wildman–Crippen LogP) is 4.20. The van der Waals surface area contributed by atoms with Crippen molar-refractivity contribution < 1.29 is 4.79 Å². The van der Waals surface area contributed by atoms with Gasteiger partial charge < -0.3 is 4.98 Å². The summed E-state index contributed by atoms with van der Waals surface area (Å²) in [6.07, 6.45) is 4.64. The van der Waals surface area contributed by atoms with E-state index in [0.717, 1.165) is 12.0 Å². The molecule has 0 aliphatic heterocycles. The molecule has 182 valence electrons. The average molecular weight is 539 g/mol. The Labute approximate surface area is 210 Å². The predicted molar refractivity (Wildman–Crippen MR) is 140 cm³/mol. The molecule has 0 saturated carbocycles. The van der Waals surface area contributed by atoms with E-state index in [4.69, 9.17) is 0 Å². The summed E-state index contributed by atoms with van der Waals surface area (Å²) in [4.78, 5) is 52.3. The summed E-state index contributed by atoms with van der Waals surface area (Å²) < 4.78 is 3.60. The lowest BCUT2D eigenvalue weighted by Crippen LogP contribution is -2.39. The van der Waals surface area contributed by atoms with Crippen LogP contribution in [0.3, 0.4) is 0 Å². The largest absolute Gasteiger partial charge is 0.349 e. The van der Waals surface area contributed by atoms with Crippen molar-refractivity contribution in [2.24, 2.45) is 0 Å². The minimum absolute atomic E-state index is 0.196. The molecular weight excluding hydrogens is 512 g/mol. The molecule has 0 fully saturated rings. The van der Waals surface area contributed by atoms with Crippen LogP contribution >= 0.6 is 15.9 Å². The lowest BCUT2D eigenvalue weighted by atomic mass is 10.2.